The number of carboxylic acids is 1. The Hall–Kier alpha value is -0.610. The Morgan fingerprint density at radius 3 is 2.33 bits per heavy atom. The molecule has 0 heterocycles. The third-order valence-electron chi connectivity index (χ3n) is 1.97. The van der Waals surface area contributed by atoms with Crippen LogP contribution in [0.2, 0.25) is 0 Å². The van der Waals surface area contributed by atoms with Crippen molar-refractivity contribution in [1.82, 2.24) is 4.90 Å². The van der Waals surface area contributed by atoms with E-state index in [-0.39, 0.29) is 0 Å². The molecule has 3 N–H and O–H groups in total. The Morgan fingerprint density at radius 2 is 2.00 bits per heavy atom. The highest BCUT2D eigenvalue weighted by Gasteiger charge is 2.11. The van der Waals surface area contributed by atoms with Crippen LogP contribution >= 0.6 is 0 Å². The SMILES string of the molecule is CCN(CC)CC[C@H](N)C(=O)O. The Morgan fingerprint density at radius 1 is 1.50 bits per heavy atom. The molecule has 0 fully saturated rings. The van der Waals surface area contributed by atoms with Crippen LogP contribution in [0.15, 0.2) is 0 Å². The lowest BCUT2D eigenvalue weighted by molar-refractivity contribution is -0.138. The summed E-state index contributed by atoms with van der Waals surface area (Å²) in [6.45, 7) is 6.76. The second kappa shape index (κ2) is 5.97. The number of nitrogens with zero attached hydrogens (tertiary/aromatic N) is 1. The first-order valence-corrected chi connectivity index (χ1v) is 4.32. The molecule has 0 radical (unpaired) electrons. The first-order valence-electron chi connectivity index (χ1n) is 4.32. The van der Waals surface area contributed by atoms with Gasteiger partial charge in [0.1, 0.15) is 6.04 Å². The average molecular weight is 174 g/mol. The number of aliphatic carboxylic acids is 1. The van der Waals surface area contributed by atoms with Gasteiger partial charge >= 0.3 is 5.97 Å². The predicted molar refractivity (Wildman–Crippen MR) is 48.0 cm³/mol. The van der Waals surface area contributed by atoms with Gasteiger partial charge in [-0.2, -0.15) is 0 Å². The number of carbonyl (C=O) groups is 1. The summed E-state index contributed by atoms with van der Waals surface area (Å²) >= 11 is 0. The summed E-state index contributed by atoms with van der Waals surface area (Å²) in [7, 11) is 0. The van der Waals surface area contributed by atoms with E-state index in [1.54, 1.807) is 0 Å². The molecule has 4 heteroatoms. The van der Waals surface area contributed by atoms with Crippen LogP contribution in [0.5, 0.6) is 0 Å². The first kappa shape index (κ1) is 11.4. The Balaban J connectivity index is 3.58. The van der Waals surface area contributed by atoms with Gasteiger partial charge in [0.05, 0.1) is 0 Å². The highest BCUT2D eigenvalue weighted by molar-refractivity contribution is 5.72. The van der Waals surface area contributed by atoms with Crippen LogP contribution in [0.3, 0.4) is 0 Å². The lowest BCUT2D eigenvalue weighted by atomic mass is 10.2. The van der Waals surface area contributed by atoms with Crippen molar-refractivity contribution in [3.63, 3.8) is 0 Å². The standard InChI is InChI=1S/C8H18N2O2/c1-3-10(4-2)6-5-7(9)8(11)12/h7H,3-6,9H2,1-2H3,(H,11,12)/t7-/m0/s1. The van der Waals surface area contributed by atoms with Crippen molar-refractivity contribution < 1.29 is 9.90 Å². The number of carboxylic acid groups (broad SMARTS) is 1. The van der Waals surface area contributed by atoms with Crippen molar-refractivity contribution in [1.29, 1.82) is 0 Å². The minimum Gasteiger partial charge on any atom is -0.480 e. The third-order valence-corrected chi connectivity index (χ3v) is 1.97. The normalized spacial score (nSPS) is 13.3. The summed E-state index contributed by atoms with van der Waals surface area (Å²) in [6.07, 6.45) is 0.525. The van der Waals surface area contributed by atoms with Crippen LogP contribution in [-0.2, 0) is 4.79 Å². The van der Waals surface area contributed by atoms with Crippen LogP contribution in [0, 0.1) is 0 Å². The molecule has 0 bridgehead atoms. The lowest BCUT2D eigenvalue weighted by Crippen LogP contribution is -2.35. The Labute approximate surface area is 73.3 Å². The van der Waals surface area contributed by atoms with Crippen molar-refractivity contribution in [3.8, 4) is 0 Å². The van der Waals surface area contributed by atoms with E-state index in [0.717, 1.165) is 19.6 Å². The molecule has 0 aliphatic rings. The fourth-order valence-electron chi connectivity index (χ4n) is 0.985. The van der Waals surface area contributed by atoms with E-state index in [1.165, 1.54) is 0 Å². The largest absolute Gasteiger partial charge is 0.480 e. The van der Waals surface area contributed by atoms with Gasteiger partial charge in [-0.05, 0) is 19.5 Å². The van der Waals surface area contributed by atoms with Gasteiger partial charge in [-0.1, -0.05) is 13.8 Å². The second-order valence-corrected chi connectivity index (χ2v) is 2.76. The van der Waals surface area contributed by atoms with Gasteiger partial charge in [-0.15, -0.1) is 0 Å². The van der Waals surface area contributed by atoms with E-state index in [0.29, 0.717) is 6.42 Å². The number of nitrogens with two attached hydrogens (primary N) is 1. The first-order chi connectivity index (χ1) is 5.61. The zero-order chi connectivity index (χ0) is 9.56. The van der Waals surface area contributed by atoms with Crippen molar-refractivity contribution in [2.24, 2.45) is 5.73 Å². The van der Waals surface area contributed by atoms with Gasteiger partial charge in [0.2, 0.25) is 0 Å². The summed E-state index contributed by atoms with van der Waals surface area (Å²) in [4.78, 5) is 12.5. The van der Waals surface area contributed by atoms with E-state index in [9.17, 15) is 4.79 Å². The van der Waals surface area contributed by atoms with Gasteiger partial charge in [0.25, 0.3) is 0 Å². The molecule has 0 aromatic carbocycles. The van der Waals surface area contributed by atoms with Gasteiger partial charge in [-0.3, -0.25) is 4.79 Å². The lowest BCUT2D eigenvalue weighted by Gasteiger charge is -2.18. The van der Waals surface area contributed by atoms with E-state index < -0.39 is 12.0 Å². The summed E-state index contributed by atoms with van der Waals surface area (Å²) < 4.78 is 0. The maximum absolute atomic E-state index is 10.3. The molecule has 0 amide bonds. The fourth-order valence-corrected chi connectivity index (χ4v) is 0.985. The van der Waals surface area contributed by atoms with Crippen LogP contribution < -0.4 is 5.73 Å². The smallest absolute Gasteiger partial charge is 0.320 e. The maximum atomic E-state index is 10.3. The molecule has 0 aromatic rings. The van der Waals surface area contributed by atoms with Crippen LogP contribution in [0.4, 0.5) is 0 Å². The van der Waals surface area contributed by atoms with Crippen LogP contribution in [0.25, 0.3) is 0 Å². The zero-order valence-corrected chi connectivity index (χ0v) is 7.79. The van der Waals surface area contributed by atoms with Gasteiger partial charge < -0.3 is 15.7 Å². The highest BCUT2D eigenvalue weighted by atomic mass is 16.4. The number of hydrogen-bond donors (Lipinski definition) is 2. The number of hydrogen-bond acceptors (Lipinski definition) is 3. The molecular formula is C8H18N2O2. The zero-order valence-electron chi connectivity index (χ0n) is 7.79. The average Bonchev–Trinajstić information content (AvgIpc) is 2.05. The van der Waals surface area contributed by atoms with Crippen molar-refractivity contribution >= 4 is 5.97 Å². The third kappa shape index (κ3) is 4.31. The molecule has 0 aromatic heterocycles. The van der Waals surface area contributed by atoms with Gasteiger partial charge in [-0.25, -0.2) is 0 Å². The van der Waals surface area contributed by atoms with Crippen molar-refractivity contribution in [3.05, 3.63) is 0 Å². The molecule has 0 unspecified atom stereocenters. The molecule has 1 atom stereocenters. The van der Waals surface area contributed by atoms with E-state index >= 15 is 0 Å². The van der Waals surface area contributed by atoms with Crippen molar-refractivity contribution in [2.45, 2.75) is 26.3 Å². The molecule has 12 heavy (non-hydrogen) atoms. The molecule has 72 valence electrons. The summed E-state index contributed by atoms with van der Waals surface area (Å²) in [5.41, 5.74) is 5.35. The van der Waals surface area contributed by atoms with E-state index in [1.807, 2.05) is 0 Å². The van der Waals surface area contributed by atoms with Crippen LogP contribution in [0.1, 0.15) is 20.3 Å². The minimum atomic E-state index is -0.915. The molecule has 0 aliphatic heterocycles. The molecular weight excluding hydrogens is 156 g/mol. The van der Waals surface area contributed by atoms with E-state index in [4.69, 9.17) is 10.8 Å². The molecule has 4 nitrogen and oxygen atoms in total. The molecule has 0 saturated carbocycles. The molecule has 0 saturated heterocycles. The van der Waals surface area contributed by atoms with Crippen molar-refractivity contribution in [2.75, 3.05) is 19.6 Å². The fraction of sp³-hybridized carbons (Fsp3) is 0.875. The van der Waals surface area contributed by atoms with E-state index in [2.05, 4.69) is 18.7 Å². The monoisotopic (exact) mass is 174 g/mol. The minimum absolute atomic E-state index is 0.525. The topological polar surface area (TPSA) is 66.6 Å². The number of rotatable bonds is 6. The van der Waals surface area contributed by atoms with Gasteiger partial charge in [0, 0.05) is 6.54 Å². The molecule has 0 spiro atoms. The summed E-state index contributed by atoms with van der Waals surface area (Å²) in [5, 5.41) is 8.50. The van der Waals surface area contributed by atoms with Gasteiger partial charge in [0.15, 0.2) is 0 Å². The molecule has 0 aliphatic carbocycles. The summed E-state index contributed by atoms with van der Waals surface area (Å²) in [6, 6.07) is -0.717. The second-order valence-electron chi connectivity index (χ2n) is 2.76. The summed E-state index contributed by atoms with van der Waals surface area (Å²) in [5.74, 6) is -0.915. The predicted octanol–water partition coefficient (Wildman–Crippen LogP) is 0.130. The highest BCUT2D eigenvalue weighted by Crippen LogP contribution is 1.94. The Kier molecular flexibility index (Phi) is 5.66. The molecule has 0 rings (SSSR count). The maximum Gasteiger partial charge on any atom is 0.320 e. The Bertz CT molecular complexity index is 135. The van der Waals surface area contributed by atoms with Crippen LogP contribution in [-0.4, -0.2) is 41.7 Å². The quantitative estimate of drug-likeness (QED) is 0.600.